The van der Waals surface area contributed by atoms with Crippen LogP contribution in [-0.4, -0.2) is 0 Å². The van der Waals surface area contributed by atoms with Crippen molar-refractivity contribution in [1.29, 1.82) is 0 Å². The molecule has 8 aromatic rings. The first-order chi connectivity index (χ1) is 25.3. The third kappa shape index (κ3) is 9.93. The molecule has 8 rings (SSSR count). The fourth-order valence-corrected chi connectivity index (χ4v) is 7.18. The fraction of sp³-hybridized carbons (Fsp3) is 0.240. The molecule has 2 nitrogen and oxygen atoms in total. The second kappa shape index (κ2) is 19.8. The smallest absolute Gasteiger partial charge is 1.00 e. The van der Waals surface area contributed by atoms with Gasteiger partial charge in [0.25, 0.3) is 0 Å². The van der Waals surface area contributed by atoms with E-state index >= 15 is 0 Å². The molecule has 0 aliphatic carbocycles. The van der Waals surface area contributed by atoms with Gasteiger partial charge in [-0.05, 0) is 71.2 Å². The first kappa shape index (κ1) is 43.8. The Hall–Kier alpha value is -3.88. The molecule has 5 heteroatoms. The molecule has 0 spiro atoms. The Morgan fingerprint density at radius 1 is 0.491 bits per heavy atom. The number of hydrogen-bond acceptors (Lipinski definition) is 2. The van der Waals surface area contributed by atoms with Crippen LogP contribution in [0.15, 0.2) is 142 Å². The summed E-state index contributed by atoms with van der Waals surface area (Å²) in [5.41, 5.74) is 10.2. The van der Waals surface area contributed by atoms with Crippen molar-refractivity contribution in [3.05, 3.63) is 156 Å². The molecule has 0 unspecified atom stereocenters. The summed E-state index contributed by atoms with van der Waals surface area (Å²) < 4.78 is 12.1. The topological polar surface area (TPSA) is 26.3 Å². The van der Waals surface area contributed by atoms with Crippen molar-refractivity contribution in [3.8, 4) is 44.9 Å². The van der Waals surface area contributed by atoms with Gasteiger partial charge in [0.1, 0.15) is 0 Å². The number of aryl methyl sites for hydroxylation is 2. The zero-order chi connectivity index (χ0) is 36.2. The van der Waals surface area contributed by atoms with Crippen LogP contribution in [0.2, 0.25) is 0 Å². The van der Waals surface area contributed by atoms with Crippen LogP contribution in [0.3, 0.4) is 0 Å². The maximum Gasteiger partial charge on any atom is 4.00 e. The van der Waals surface area contributed by atoms with E-state index in [1.54, 1.807) is 0 Å². The van der Waals surface area contributed by atoms with Crippen molar-refractivity contribution in [3.63, 3.8) is 0 Å². The summed E-state index contributed by atoms with van der Waals surface area (Å²) in [5.74, 6) is 5.18. The van der Waals surface area contributed by atoms with Crippen molar-refractivity contribution in [2.24, 2.45) is 0 Å². The Labute approximate surface area is 359 Å². The van der Waals surface area contributed by atoms with Gasteiger partial charge < -0.3 is 33.6 Å². The zero-order valence-corrected chi connectivity index (χ0v) is 36.7. The first-order valence-corrected chi connectivity index (χ1v) is 19.1. The van der Waals surface area contributed by atoms with Crippen molar-refractivity contribution < 1.29 is 59.9 Å². The summed E-state index contributed by atoms with van der Waals surface area (Å²) in [7, 11) is 0. The van der Waals surface area contributed by atoms with Gasteiger partial charge in [0.05, 0.1) is 23.0 Å². The molecule has 0 N–H and O–H groups in total. The molecule has 0 saturated heterocycles. The van der Waals surface area contributed by atoms with E-state index in [1.807, 2.05) is 0 Å². The molecule has 2 aromatic heterocycles. The van der Waals surface area contributed by atoms with Crippen molar-refractivity contribution in [2.75, 3.05) is 0 Å². The van der Waals surface area contributed by atoms with Crippen molar-refractivity contribution in [1.82, 2.24) is 0 Å². The summed E-state index contributed by atoms with van der Waals surface area (Å²) in [6, 6.07) is 48.4. The van der Waals surface area contributed by atoms with Gasteiger partial charge in [-0.1, -0.05) is 137 Å². The SMILES string of the molecule is CCCc1ccc(-c2cc3c(-c4ccc(C(C)C)cc4)cccc3[cH-]2)o1.CCCc1ccc(-c2cc3c(-c4ccc(C(C)C)cc4)cccc3[cH-]2)o1.[Cl-].[Cl-].[Zr+4]. The van der Waals surface area contributed by atoms with Crippen LogP contribution in [0.25, 0.3) is 66.4 Å². The van der Waals surface area contributed by atoms with E-state index in [-0.39, 0.29) is 51.0 Å². The molecule has 55 heavy (non-hydrogen) atoms. The Kier molecular flexibility index (Phi) is 15.8. The molecule has 0 aliphatic heterocycles. The molecule has 6 aromatic carbocycles. The van der Waals surface area contributed by atoms with Gasteiger partial charge in [0, 0.05) is 12.8 Å². The van der Waals surface area contributed by atoms with Crippen molar-refractivity contribution in [2.45, 2.75) is 79.1 Å². The zero-order valence-electron chi connectivity index (χ0n) is 32.8. The molecule has 0 aliphatic rings. The van der Waals surface area contributed by atoms with E-state index in [9.17, 15) is 0 Å². The fourth-order valence-electron chi connectivity index (χ4n) is 7.18. The maximum atomic E-state index is 6.03. The van der Waals surface area contributed by atoms with Crippen LogP contribution >= 0.6 is 0 Å². The van der Waals surface area contributed by atoms with Crippen LogP contribution in [-0.2, 0) is 39.0 Å². The standard InChI is InChI=1S/2C25H25O.2ClH.Zr/c2*1-4-6-22-13-14-25(26-22)21-15-20-7-5-8-23(24(20)16-21)19-11-9-18(10-12-19)17(2)3;;;/h2*5,7-17H,4,6H2,1-3H3;2*1H;/q2*-1;;;+4/p-2. The van der Waals surface area contributed by atoms with Crippen LogP contribution in [0, 0.1) is 0 Å². The van der Waals surface area contributed by atoms with Crippen LogP contribution in [0.1, 0.15) is 88.9 Å². The molecular weight excluding hydrogens is 795 g/mol. The molecule has 0 fully saturated rings. The Morgan fingerprint density at radius 2 is 0.873 bits per heavy atom. The molecule has 280 valence electrons. The molecular formula is C50H50Cl2O2Zr. The van der Waals surface area contributed by atoms with Gasteiger partial charge >= 0.3 is 26.2 Å². The molecule has 2 heterocycles. The van der Waals surface area contributed by atoms with E-state index in [2.05, 4.69) is 175 Å². The van der Waals surface area contributed by atoms with Crippen LogP contribution in [0.5, 0.6) is 0 Å². The minimum Gasteiger partial charge on any atom is -1.00 e. The number of benzene rings is 4. The third-order valence-corrected chi connectivity index (χ3v) is 10.2. The minimum atomic E-state index is 0. The Balaban J connectivity index is 0.000000232. The van der Waals surface area contributed by atoms with Crippen LogP contribution < -0.4 is 24.8 Å². The van der Waals surface area contributed by atoms with E-state index in [0.717, 1.165) is 59.9 Å². The second-order valence-electron chi connectivity index (χ2n) is 14.7. The van der Waals surface area contributed by atoms with Gasteiger partial charge in [-0.3, -0.25) is 0 Å². The summed E-state index contributed by atoms with van der Waals surface area (Å²) in [5, 5.41) is 5.10. The molecule has 0 saturated carbocycles. The van der Waals surface area contributed by atoms with E-state index in [0.29, 0.717) is 11.8 Å². The van der Waals surface area contributed by atoms with Crippen molar-refractivity contribution >= 4 is 21.5 Å². The first-order valence-electron chi connectivity index (χ1n) is 19.1. The quantitative estimate of drug-likeness (QED) is 0.129. The second-order valence-corrected chi connectivity index (χ2v) is 14.7. The summed E-state index contributed by atoms with van der Waals surface area (Å²) in [6.45, 7) is 13.3. The van der Waals surface area contributed by atoms with Gasteiger partial charge in [-0.25, -0.2) is 0 Å². The summed E-state index contributed by atoms with van der Waals surface area (Å²) >= 11 is 0. The van der Waals surface area contributed by atoms with E-state index in [1.165, 1.54) is 54.9 Å². The average Bonchev–Trinajstić information content (AvgIpc) is 3.98. The Bertz CT molecular complexity index is 2210. The summed E-state index contributed by atoms with van der Waals surface area (Å²) in [4.78, 5) is 0. The number of furan rings is 2. The predicted molar refractivity (Wildman–Crippen MR) is 222 cm³/mol. The number of rotatable bonds is 10. The Morgan fingerprint density at radius 3 is 1.22 bits per heavy atom. The minimum absolute atomic E-state index is 0. The van der Waals surface area contributed by atoms with Gasteiger partial charge in [0.2, 0.25) is 0 Å². The largest absolute Gasteiger partial charge is 4.00 e. The predicted octanol–water partition coefficient (Wildman–Crippen LogP) is 9.13. The molecule has 0 atom stereocenters. The normalized spacial score (nSPS) is 10.9. The van der Waals surface area contributed by atoms with Gasteiger partial charge in [0.15, 0.2) is 0 Å². The van der Waals surface area contributed by atoms with Gasteiger partial charge in [-0.15, -0.1) is 57.9 Å². The third-order valence-electron chi connectivity index (χ3n) is 10.2. The maximum absolute atomic E-state index is 6.03. The molecule has 0 bridgehead atoms. The molecule has 0 radical (unpaired) electrons. The van der Waals surface area contributed by atoms with Gasteiger partial charge in [-0.2, -0.15) is 0 Å². The number of fused-ring (bicyclic) bond motifs is 2. The van der Waals surface area contributed by atoms with E-state index in [4.69, 9.17) is 8.83 Å². The monoisotopic (exact) mass is 842 g/mol. The summed E-state index contributed by atoms with van der Waals surface area (Å²) in [6.07, 6.45) is 4.19. The van der Waals surface area contributed by atoms with Crippen LogP contribution in [0.4, 0.5) is 0 Å². The average molecular weight is 845 g/mol. The number of hydrogen-bond donors (Lipinski definition) is 0. The molecule has 0 amide bonds. The van der Waals surface area contributed by atoms with E-state index < -0.39 is 0 Å². The number of halogens is 2.